The molecule has 0 aromatic heterocycles. The van der Waals surface area contributed by atoms with Crippen LogP contribution in [0.25, 0.3) is 0 Å². The van der Waals surface area contributed by atoms with Gasteiger partial charge in [-0.25, -0.2) is 4.79 Å². The number of primary amides is 1. The SMILES string of the molecule is COc1ccc(C(=O)OCc2ccc(C(N)=O)cc2[N+](=O)[O-])cc1Br. The Labute approximate surface area is 150 Å². The molecule has 0 bridgehead atoms. The molecule has 130 valence electrons. The van der Waals surface area contributed by atoms with Crippen molar-refractivity contribution in [3.63, 3.8) is 0 Å². The van der Waals surface area contributed by atoms with Crippen molar-refractivity contribution in [3.05, 3.63) is 67.7 Å². The molecule has 9 heteroatoms. The Kier molecular flexibility index (Phi) is 5.71. The van der Waals surface area contributed by atoms with Gasteiger partial charge in [-0.2, -0.15) is 0 Å². The number of carbonyl (C=O) groups excluding carboxylic acids is 2. The highest BCUT2D eigenvalue weighted by atomic mass is 79.9. The molecule has 0 saturated heterocycles. The van der Waals surface area contributed by atoms with E-state index in [1.807, 2.05) is 0 Å². The number of hydrogen-bond acceptors (Lipinski definition) is 6. The first kappa shape index (κ1) is 18.4. The van der Waals surface area contributed by atoms with E-state index in [9.17, 15) is 19.7 Å². The number of benzene rings is 2. The van der Waals surface area contributed by atoms with E-state index in [0.29, 0.717) is 10.2 Å². The van der Waals surface area contributed by atoms with Gasteiger partial charge in [-0.1, -0.05) is 0 Å². The largest absolute Gasteiger partial charge is 0.496 e. The molecule has 0 heterocycles. The molecule has 1 amide bonds. The summed E-state index contributed by atoms with van der Waals surface area (Å²) in [6, 6.07) is 8.33. The van der Waals surface area contributed by atoms with Crippen molar-refractivity contribution in [1.82, 2.24) is 0 Å². The van der Waals surface area contributed by atoms with Crippen molar-refractivity contribution in [2.45, 2.75) is 6.61 Å². The van der Waals surface area contributed by atoms with E-state index < -0.39 is 16.8 Å². The Morgan fingerprint density at radius 3 is 2.44 bits per heavy atom. The predicted octanol–water partition coefficient (Wildman–Crippen LogP) is 2.82. The number of nitrogens with two attached hydrogens (primary N) is 1. The Morgan fingerprint density at radius 1 is 1.20 bits per heavy atom. The number of amides is 1. The number of nitro groups is 1. The Hall–Kier alpha value is -2.94. The number of ether oxygens (including phenoxy) is 2. The van der Waals surface area contributed by atoms with Crippen molar-refractivity contribution >= 4 is 33.5 Å². The number of methoxy groups -OCH3 is 1. The highest BCUT2D eigenvalue weighted by Crippen LogP contribution is 2.26. The lowest BCUT2D eigenvalue weighted by molar-refractivity contribution is -0.385. The number of rotatable bonds is 6. The standard InChI is InChI=1S/C16H13BrN2O6/c1-24-14-5-4-10(6-12(14)17)16(21)25-8-11-3-2-9(15(18)20)7-13(11)19(22)23/h2-7H,8H2,1H3,(H2,18,20). The topological polar surface area (TPSA) is 122 Å². The number of nitrogens with zero attached hydrogens (tertiary/aromatic N) is 1. The van der Waals surface area contributed by atoms with E-state index in [0.717, 1.165) is 6.07 Å². The van der Waals surface area contributed by atoms with Crippen LogP contribution in [0.5, 0.6) is 5.75 Å². The number of nitro benzene ring substituents is 1. The summed E-state index contributed by atoms with van der Waals surface area (Å²) in [4.78, 5) is 33.7. The van der Waals surface area contributed by atoms with E-state index in [2.05, 4.69) is 15.9 Å². The summed E-state index contributed by atoms with van der Waals surface area (Å²) in [7, 11) is 1.49. The van der Waals surface area contributed by atoms with Gasteiger partial charge in [-0.15, -0.1) is 0 Å². The van der Waals surface area contributed by atoms with Gasteiger partial charge < -0.3 is 15.2 Å². The Bertz CT molecular complexity index is 853. The van der Waals surface area contributed by atoms with Crippen molar-refractivity contribution in [3.8, 4) is 5.75 Å². The van der Waals surface area contributed by atoms with Crippen LogP contribution in [0.15, 0.2) is 40.9 Å². The first-order chi connectivity index (χ1) is 11.8. The molecular weight excluding hydrogens is 396 g/mol. The summed E-state index contributed by atoms with van der Waals surface area (Å²) in [5.41, 5.74) is 5.16. The molecule has 0 atom stereocenters. The van der Waals surface area contributed by atoms with Crippen LogP contribution >= 0.6 is 15.9 Å². The molecule has 0 aliphatic rings. The molecule has 2 aromatic carbocycles. The second-order valence-corrected chi connectivity index (χ2v) is 5.74. The molecule has 0 spiro atoms. The molecule has 8 nitrogen and oxygen atoms in total. The zero-order valence-corrected chi connectivity index (χ0v) is 14.6. The third-order valence-corrected chi connectivity index (χ3v) is 3.93. The van der Waals surface area contributed by atoms with Crippen LogP contribution < -0.4 is 10.5 Å². The molecular formula is C16H13BrN2O6. The van der Waals surface area contributed by atoms with Gasteiger partial charge in [0.25, 0.3) is 5.69 Å². The Morgan fingerprint density at radius 2 is 1.88 bits per heavy atom. The third kappa shape index (κ3) is 4.32. The fourth-order valence-corrected chi connectivity index (χ4v) is 2.57. The average Bonchev–Trinajstić information content (AvgIpc) is 2.59. The molecule has 0 aliphatic heterocycles. The number of esters is 1. The fraction of sp³-hybridized carbons (Fsp3) is 0.125. The summed E-state index contributed by atoms with van der Waals surface area (Å²) in [5, 5.41) is 11.1. The van der Waals surface area contributed by atoms with Gasteiger partial charge in [-0.05, 0) is 46.3 Å². The lowest BCUT2D eigenvalue weighted by Gasteiger charge is -2.08. The molecule has 2 aromatic rings. The maximum Gasteiger partial charge on any atom is 0.338 e. The molecule has 25 heavy (non-hydrogen) atoms. The lowest BCUT2D eigenvalue weighted by atomic mass is 10.1. The van der Waals surface area contributed by atoms with Crippen LogP contribution in [0.2, 0.25) is 0 Å². The average molecular weight is 409 g/mol. The summed E-state index contributed by atoms with van der Waals surface area (Å²) >= 11 is 3.26. The van der Waals surface area contributed by atoms with Crippen LogP contribution in [0.4, 0.5) is 5.69 Å². The molecule has 0 saturated carbocycles. The van der Waals surface area contributed by atoms with Gasteiger partial charge in [0, 0.05) is 11.6 Å². The maximum absolute atomic E-state index is 12.1. The second-order valence-electron chi connectivity index (χ2n) is 4.89. The molecule has 2 rings (SSSR count). The first-order valence-electron chi connectivity index (χ1n) is 6.91. The zero-order valence-electron chi connectivity index (χ0n) is 13.0. The predicted molar refractivity (Wildman–Crippen MR) is 91.4 cm³/mol. The second kappa shape index (κ2) is 7.75. The quantitative estimate of drug-likeness (QED) is 0.445. The minimum atomic E-state index is -0.783. The first-order valence-corrected chi connectivity index (χ1v) is 7.70. The monoisotopic (exact) mass is 408 g/mol. The number of carbonyl (C=O) groups is 2. The molecule has 0 radical (unpaired) electrons. The van der Waals surface area contributed by atoms with Crippen molar-refractivity contribution in [2.24, 2.45) is 5.73 Å². The molecule has 0 unspecified atom stereocenters. The number of halogens is 1. The summed E-state index contributed by atoms with van der Waals surface area (Å²) in [5.74, 6) is -0.888. The normalized spacial score (nSPS) is 10.2. The highest BCUT2D eigenvalue weighted by molar-refractivity contribution is 9.10. The minimum Gasteiger partial charge on any atom is -0.496 e. The Balaban J connectivity index is 2.17. The van der Waals surface area contributed by atoms with E-state index in [4.69, 9.17) is 15.2 Å². The van der Waals surface area contributed by atoms with E-state index in [1.165, 1.54) is 31.4 Å². The summed E-state index contributed by atoms with van der Waals surface area (Å²) in [6.45, 7) is -0.322. The van der Waals surface area contributed by atoms with Crippen molar-refractivity contribution in [1.29, 1.82) is 0 Å². The van der Waals surface area contributed by atoms with Crippen LogP contribution in [-0.4, -0.2) is 23.9 Å². The summed E-state index contributed by atoms with van der Waals surface area (Å²) < 4.78 is 10.8. The van der Waals surface area contributed by atoms with Crippen LogP contribution in [0.3, 0.4) is 0 Å². The van der Waals surface area contributed by atoms with Gasteiger partial charge >= 0.3 is 5.97 Å². The van der Waals surface area contributed by atoms with Gasteiger partial charge in [0.2, 0.25) is 5.91 Å². The van der Waals surface area contributed by atoms with Crippen LogP contribution in [0.1, 0.15) is 26.3 Å². The van der Waals surface area contributed by atoms with Crippen LogP contribution in [-0.2, 0) is 11.3 Å². The fourth-order valence-electron chi connectivity index (χ4n) is 2.03. The van der Waals surface area contributed by atoms with Gasteiger partial charge in [0.15, 0.2) is 0 Å². The number of hydrogen-bond donors (Lipinski definition) is 1. The maximum atomic E-state index is 12.1. The van der Waals surface area contributed by atoms with Gasteiger partial charge in [0.1, 0.15) is 12.4 Å². The minimum absolute atomic E-state index is 0.000798. The van der Waals surface area contributed by atoms with Crippen molar-refractivity contribution < 1.29 is 24.0 Å². The lowest BCUT2D eigenvalue weighted by Crippen LogP contribution is -2.12. The van der Waals surface area contributed by atoms with Crippen molar-refractivity contribution in [2.75, 3.05) is 7.11 Å². The van der Waals surface area contributed by atoms with Gasteiger partial charge in [0.05, 0.1) is 27.6 Å². The molecule has 0 aliphatic carbocycles. The smallest absolute Gasteiger partial charge is 0.338 e. The molecule has 0 fully saturated rings. The summed E-state index contributed by atoms with van der Waals surface area (Å²) in [6.07, 6.45) is 0. The van der Waals surface area contributed by atoms with Gasteiger partial charge in [-0.3, -0.25) is 14.9 Å². The highest BCUT2D eigenvalue weighted by Gasteiger charge is 2.18. The zero-order chi connectivity index (χ0) is 18.6. The van der Waals surface area contributed by atoms with E-state index >= 15 is 0 Å². The van der Waals surface area contributed by atoms with Crippen LogP contribution in [0, 0.1) is 10.1 Å². The third-order valence-electron chi connectivity index (χ3n) is 3.31. The van der Waals surface area contributed by atoms with E-state index in [-0.39, 0.29) is 29.0 Å². The molecule has 2 N–H and O–H groups in total. The van der Waals surface area contributed by atoms with E-state index in [1.54, 1.807) is 6.07 Å².